The van der Waals surface area contributed by atoms with Gasteiger partial charge in [-0.1, -0.05) is 12.1 Å². The van der Waals surface area contributed by atoms with Gasteiger partial charge in [-0.25, -0.2) is 13.2 Å². The van der Waals surface area contributed by atoms with Gasteiger partial charge < -0.3 is 35.2 Å². The number of methoxy groups -OCH3 is 4. The Balaban J connectivity index is 2.04. The van der Waals surface area contributed by atoms with Gasteiger partial charge in [0.2, 0.25) is 0 Å². The molecule has 0 saturated carbocycles. The third kappa shape index (κ3) is 8.14. The Morgan fingerprint density at radius 2 is 1.50 bits per heavy atom. The maximum absolute atomic E-state index is 12.8. The number of sulfone groups is 1. The minimum Gasteiger partial charge on any atom is -0.496 e. The summed E-state index contributed by atoms with van der Waals surface area (Å²) in [7, 11) is 2.24. The molecule has 0 aliphatic carbocycles. The van der Waals surface area contributed by atoms with E-state index in [2.05, 4.69) is 0 Å². The first-order valence-electron chi connectivity index (χ1n) is 11.2. The van der Waals surface area contributed by atoms with Crippen LogP contribution in [0.2, 0.25) is 0 Å². The minimum atomic E-state index is -3.66. The van der Waals surface area contributed by atoms with Crippen molar-refractivity contribution in [3.05, 3.63) is 47.4 Å². The van der Waals surface area contributed by atoms with E-state index >= 15 is 0 Å². The minimum absolute atomic E-state index is 0.108. The van der Waals surface area contributed by atoms with Crippen LogP contribution in [0.15, 0.2) is 41.8 Å². The molecule has 2 atom stereocenters. The molecule has 36 heavy (non-hydrogen) atoms. The molecule has 2 unspecified atom stereocenters. The van der Waals surface area contributed by atoms with Gasteiger partial charge in [-0.15, -0.1) is 0 Å². The molecule has 0 radical (unpaired) electrons. The van der Waals surface area contributed by atoms with Crippen LogP contribution in [0.1, 0.15) is 18.4 Å². The molecule has 0 heterocycles. The molecule has 0 bridgehead atoms. The monoisotopic (exact) mass is 522 g/mol. The number of hydrogen-bond donors (Lipinski definition) is 2. The zero-order valence-corrected chi connectivity index (χ0v) is 21.7. The van der Waals surface area contributed by atoms with Crippen molar-refractivity contribution in [2.24, 2.45) is 17.4 Å². The Hall–Kier alpha value is -3.28. The van der Waals surface area contributed by atoms with Gasteiger partial charge in [0.1, 0.15) is 23.3 Å². The van der Waals surface area contributed by atoms with Crippen LogP contribution in [0.5, 0.6) is 28.7 Å². The summed E-state index contributed by atoms with van der Waals surface area (Å²) in [5.41, 5.74) is 12.3. The van der Waals surface area contributed by atoms with Gasteiger partial charge in [0.15, 0.2) is 21.3 Å². The Labute approximate surface area is 212 Å². The summed E-state index contributed by atoms with van der Waals surface area (Å²) >= 11 is 0. The Morgan fingerprint density at radius 1 is 0.917 bits per heavy atom. The summed E-state index contributed by atoms with van der Waals surface area (Å²) in [6, 6.07) is 9.02. The zero-order valence-electron chi connectivity index (χ0n) is 20.9. The second-order valence-corrected chi connectivity index (χ2v) is 9.87. The lowest BCUT2D eigenvalue weighted by molar-refractivity contribution is -0.136. The molecule has 4 N–H and O–H groups in total. The van der Waals surface area contributed by atoms with Crippen molar-refractivity contribution in [1.82, 2.24) is 0 Å². The van der Waals surface area contributed by atoms with Crippen molar-refractivity contribution >= 4 is 21.9 Å². The number of benzene rings is 2. The predicted octanol–water partition coefficient (Wildman–Crippen LogP) is 2.39. The summed E-state index contributed by atoms with van der Waals surface area (Å²) in [4.78, 5) is 12.4. The van der Waals surface area contributed by atoms with E-state index in [0.717, 1.165) is 5.41 Å². The van der Waals surface area contributed by atoms with E-state index in [0.29, 0.717) is 35.0 Å². The number of esters is 1. The van der Waals surface area contributed by atoms with Crippen LogP contribution in [0.4, 0.5) is 0 Å². The van der Waals surface area contributed by atoms with E-state index in [1.165, 1.54) is 34.5 Å². The zero-order chi connectivity index (χ0) is 26.7. The van der Waals surface area contributed by atoms with Crippen molar-refractivity contribution < 1.29 is 36.9 Å². The molecule has 198 valence electrons. The van der Waals surface area contributed by atoms with E-state index in [1.807, 2.05) is 0 Å². The molecule has 10 nitrogen and oxygen atoms in total. The van der Waals surface area contributed by atoms with Crippen LogP contribution < -0.4 is 35.2 Å². The lowest BCUT2D eigenvalue weighted by Gasteiger charge is -2.17. The predicted molar refractivity (Wildman–Crippen MR) is 137 cm³/mol. The van der Waals surface area contributed by atoms with E-state index in [9.17, 15) is 13.2 Å². The topological polar surface area (TPSA) is 149 Å². The summed E-state index contributed by atoms with van der Waals surface area (Å²) in [5, 5.41) is 1.10. The van der Waals surface area contributed by atoms with Crippen molar-refractivity contribution in [3.8, 4) is 28.7 Å². The number of rotatable bonds is 14. The highest BCUT2D eigenvalue weighted by Gasteiger charge is 2.22. The molecule has 0 fully saturated rings. The quantitative estimate of drug-likeness (QED) is 0.280. The molecule has 0 saturated heterocycles. The third-order valence-electron chi connectivity index (χ3n) is 5.46. The maximum atomic E-state index is 12.8. The number of nitrogens with two attached hydrogens (primary N) is 2. The van der Waals surface area contributed by atoms with Crippen LogP contribution >= 0.6 is 0 Å². The lowest BCUT2D eigenvalue weighted by Crippen LogP contribution is -2.35. The molecule has 0 spiro atoms. The highest BCUT2D eigenvalue weighted by molar-refractivity contribution is 7.94. The SMILES string of the molecule is COc1cc(OC)c(C=CS(=O)(=O)CC(CN)CCC(N)C(=O)Oc2ccccc2OC)c(OC)c1. The van der Waals surface area contributed by atoms with Gasteiger partial charge in [0.05, 0.1) is 39.8 Å². The third-order valence-corrected chi connectivity index (χ3v) is 6.95. The van der Waals surface area contributed by atoms with Crippen LogP contribution in [0.25, 0.3) is 6.08 Å². The molecule has 2 aromatic carbocycles. The molecule has 0 aromatic heterocycles. The first kappa shape index (κ1) is 29.0. The molecule has 0 aliphatic rings. The largest absolute Gasteiger partial charge is 0.496 e. The van der Waals surface area contributed by atoms with E-state index < -0.39 is 27.8 Å². The van der Waals surface area contributed by atoms with E-state index in [4.69, 9.17) is 35.2 Å². The van der Waals surface area contributed by atoms with Crippen molar-refractivity contribution in [1.29, 1.82) is 0 Å². The van der Waals surface area contributed by atoms with Gasteiger partial charge in [-0.3, -0.25) is 0 Å². The van der Waals surface area contributed by atoms with Gasteiger partial charge in [-0.2, -0.15) is 0 Å². The van der Waals surface area contributed by atoms with Crippen molar-refractivity contribution in [2.75, 3.05) is 40.7 Å². The van der Waals surface area contributed by atoms with Gasteiger partial charge in [0.25, 0.3) is 0 Å². The highest BCUT2D eigenvalue weighted by Crippen LogP contribution is 2.35. The van der Waals surface area contributed by atoms with Gasteiger partial charge >= 0.3 is 5.97 Å². The van der Waals surface area contributed by atoms with Crippen LogP contribution in [-0.2, 0) is 14.6 Å². The average Bonchev–Trinajstić information content (AvgIpc) is 2.89. The first-order valence-corrected chi connectivity index (χ1v) is 12.9. The second kappa shape index (κ2) is 13.7. The van der Waals surface area contributed by atoms with E-state index in [1.54, 1.807) is 36.4 Å². The number of carbonyl (C=O) groups is 1. The molecular weight excluding hydrogens is 488 g/mol. The van der Waals surface area contributed by atoms with Crippen LogP contribution in [-0.4, -0.2) is 61.2 Å². The molecule has 2 rings (SSSR count). The fourth-order valence-corrected chi connectivity index (χ4v) is 4.86. The fraction of sp³-hybridized carbons (Fsp3) is 0.400. The first-order chi connectivity index (χ1) is 17.2. The molecular formula is C25H34N2O8S. The maximum Gasteiger partial charge on any atom is 0.328 e. The molecule has 11 heteroatoms. The Morgan fingerprint density at radius 3 is 2.03 bits per heavy atom. The summed E-state index contributed by atoms with van der Waals surface area (Å²) < 4.78 is 52.0. The average molecular weight is 523 g/mol. The fourth-order valence-electron chi connectivity index (χ4n) is 3.44. The Bertz CT molecular complexity index is 1130. The summed E-state index contributed by atoms with van der Waals surface area (Å²) in [6.07, 6.45) is 1.94. The molecule has 2 aromatic rings. The summed E-state index contributed by atoms with van der Waals surface area (Å²) in [6.45, 7) is 0.108. The van der Waals surface area contributed by atoms with Gasteiger partial charge in [0, 0.05) is 17.5 Å². The standard InChI is InChI=1S/C25H34N2O8S/c1-31-18-13-23(33-3)19(24(14-18)34-4)11-12-36(29,30)16-17(15-26)9-10-20(27)25(28)35-22-8-6-5-7-21(22)32-2/h5-8,11-14,17,20H,9-10,15-16,26-27H2,1-4H3. The van der Waals surface area contributed by atoms with Crippen LogP contribution in [0.3, 0.4) is 0 Å². The lowest BCUT2D eigenvalue weighted by atomic mass is 10.0. The normalized spacial score (nSPS) is 13.2. The van der Waals surface area contributed by atoms with Crippen molar-refractivity contribution in [2.45, 2.75) is 18.9 Å². The van der Waals surface area contributed by atoms with E-state index in [-0.39, 0.29) is 24.5 Å². The van der Waals surface area contributed by atoms with Crippen LogP contribution in [0, 0.1) is 5.92 Å². The number of ether oxygens (including phenoxy) is 5. The number of carbonyl (C=O) groups excluding carboxylic acids is 1. The number of hydrogen-bond acceptors (Lipinski definition) is 10. The number of para-hydroxylation sites is 2. The van der Waals surface area contributed by atoms with Gasteiger partial charge in [-0.05, 0) is 43.5 Å². The highest BCUT2D eigenvalue weighted by atomic mass is 32.2. The van der Waals surface area contributed by atoms with Crippen molar-refractivity contribution in [3.63, 3.8) is 0 Å². The Kier molecular flexibility index (Phi) is 11.0. The molecule has 0 aliphatic heterocycles. The summed E-state index contributed by atoms with van der Waals surface area (Å²) in [5.74, 6) is 0.692. The second-order valence-electron chi connectivity index (χ2n) is 7.94. The molecule has 0 amide bonds. The smallest absolute Gasteiger partial charge is 0.328 e.